The van der Waals surface area contributed by atoms with Crippen molar-refractivity contribution >= 4 is 33.0 Å². The summed E-state index contributed by atoms with van der Waals surface area (Å²) in [5.74, 6) is -0.478. The van der Waals surface area contributed by atoms with Crippen molar-refractivity contribution in [2.45, 2.75) is 39.3 Å². The molecule has 0 unspecified atom stereocenters. The number of carbonyl (C=O) groups is 1. The number of hydrogen-bond donors (Lipinski definition) is 1. The number of amides is 1. The van der Waals surface area contributed by atoms with Crippen molar-refractivity contribution in [3.8, 4) is 5.82 Å². The van der Waals surface area contributed by atoms with E-state index < -0.39 is 27.7 Å². The fourth-order valence-electron chi connectivity index (χ4n) is 3.43. The van der Waals surface area contributed by atoms with Crippen LogP contribution in [0.1, 0.15) is 43.0 Å². The molecule has 33 heavy (non-hydrogen) atoms. The van der Waals surface area contributed by atoms with Crippen LogP contribution in [0.25, 0.3) is 22.9 Å². The first-order valence-corrected chi connectivity index (χ1v) is 11.9. The number of sulfonamides is 1. The van der Waals surface area contributed by atoms with Gasteiger partial charge in [0.05, 0.1) is 17.0 Å². The number of carbonyl (C=O) groups excluding carboxylic acids is 1. The number of fused-ring (bicyclic) bond motifs is 1. The van der Waals surface area contributed by atoms with Gasteiger partial charge >= 0.3 is 6.18 Å². The van der Waals surface area contributed by atoms with Crippen LogP contribution in [0.5, 0.6) is 0 Å². The summed E-state index contributed by atoms with van der Waals surface area (Å²) in [5.41, 5.74) is 0.459. The Morgan fingerprint density at radius 2 is 2.00 bits per heavy atom. The van der Waals surface area contributed by atoms with Crippen LogP contribution in [-0.4, -0.2) is 39.4 Å². The highest BCUT2D eigenvalue weighted by Crippen LogP contribution is 2.32. The quantitative estimate of drug-likeness (QED) is 0.389. The lowest BCUT2D eigenvalue weighted by Crippen LogP contribution is -2.31. The summed E-state index contributed by atoms with van der Waals surface area (Å²) in [6.07, 6.45) is 2.37. The number of hydrogen-bond acceptors (Lipinski definition) is 5. The van der Waals surface area contributed by atoms with Crippen molar-refractivity contribution in [1.29, 1.82) is 0 Å². The molecule has 3 aromatic rings. The predicted octanol–water partition coefficient (Wildman–Crippen LogP) is 3.74. The van der Waals surface area contributed by atoms with Gasteiger partial charge in [-0.15, -0.1) is 0 Å². The lowest BCUT2D eigenvalue weighted by atomic mass is 10.2. The molecular formula is C21H24F3N5O3S. The molecule has 3 aromatic heterocycles. The lowest BCUT2D eigenvalue weighted by Gasteiger charge is -2.09. The minimum Gasteiger partial charge on any atom is -0.285 e. The van der Waals surface area contributed by atoms with E-state index in [-0.39, 0.29) is 16.8 Å². The Morgan fingerprint density at radius 3 is 2.67 bits per heavy atom. The molecule has 0 radical (unpaired) electrons. The van der Waals surface area contributed by atoms with Gasteiger partial charge in [0.1, 0.15) is 11.5 Å². The molecule has 178 valence electrons. The molecule has 0 aliphatic heterocycles. The molecule has 1 amide bonds. The Morgan fingerprint density at radius 1 is 1.27 bits per heavy atom. The Balaban J connectivity index is 1.91. The molecule has 0 spiro atoms. The average molecular weight is 484 g/mol. The molecule has 0 saturated heterocycles. The highest BCUT2D eigenvalue weighted by Gasteiger charge is 2.31. The first-order valence-electron chi connectivity index (χ1n) is 10.2. The summed E-state index contributed by atoms with van der Waals surface area (Å²) >= 11 is 0. The SMILES string of the molecule is CCCCCS(=O)(=O)NC(=O)/C=C/c1c(C)nn(C)c1-n1ccc2cc(C(F)(F)F)cnc21. The molecule has 0 aliphatic rings. The number of nitrogens with zero attached hydrogens (tertiary/aromatic N) is 4. The minimum atomic E-state index is -4.51. The molecular weight excluding hydrogens is 459 g/mol. The van der Waals surface area contributed by atoms with Gasteiger partial charge in [0.2, 0.25) is 10.0 Å². The molecule has 0 aromatic carbocycles. The molecule has 1 N–H and O–H groups in total. The van der Waals surface area contributed by atoms with Crippen LogP contribution < -0.4 is 4.72 Å². The first-order chi connectivity index (χ1) is 15.4. The smallest absolute Gasteiger partial charge is 0.285 e. The van der Waals surface area contributed by atoms with E-state index in [1.54, 1.807) is 24.7 Å². The van der Waals surface area contributed by atoms with Crippen molar-refractivity contribution in [3.05, 3.63) is 47.4 Å². The predicted molar refractivity (Wildman–Crippen MR) is 118 cm³/mol. The van der Waals surface area contributed by atoms with Gasteiger partial charge in [-0.05, 0) is 31.6 Å². The average Bonchev–Trinajstić information content (AvgIpc) is 3.24. The number of nitrogens with one attached hydrogen (secondary N) is 1. The van der Waals surface area contributed by atoms with Crippen molar-refractivity contribution in [2.24, 2.45) is 7.05 Å². The molecule has 0 fully saturated rings. The zero-order valence-electron chi connectivity index (χ0n) is 18.3. The molecule has 0 aliphatic carbocycles. The fourth-order valence-corrected chi connectivity index (χ4v) is 4.49. The van der Waals surface area contributed by atoms with E-state index in [0.29, 0.717) is 23.5 Å². The van der Waals surface area contributed by atoms with Crippen molar-refractivity contribution in [3.63, 3.8) is 0 Å². The molecule has 0 saturated carbocycles. The molecule has 12 heteroatoms. The number of rotatable bonds is 8. The van der Waals surface area contributed by atoms with Crippen LogP contribution in [0.4, 0.5) is 13.2 Å². The van der Waals surface area contributed by atoms with Gasteiger partial charge < -0.3 is 0 Å². The number of unbranched alkanes of at least 4 members (excludes halogenated alkanes) is 2. The maximum absolute atomic E-state index is 13.0. The second-order valence-electron chi connectivity index (χ2n) is 7.59. The Labute approximate surface area is 189 Å². The van der Waals surface area contributed by atoms with Gasteiger partial charge in [-0.3, -0.25) is 14.0 Å². The number of pyridine rings is 1. The van der Waals surface area contributed by atoms with Crippen molar-refractivity contribution in [1.82, 2.24) is 24.1 Å². The van der Waals surface area contributed by atoms with E-state index >= 15 is 0 Å². The van der Waals surface area contributed by atoms with E-state index in [1.165, 1.54) is 16.8 Å². The van der Waals surface area contributed by atoms with E-state index in [9.17, 15) is 26.4 Å². The molecule has 0 atom stereocenters. The monoisotopic (exact) mass is 483 g/mol. The Hall–Kier alpha value is -3.15. The van der Waals surface area contributed by atoms with Crippen molar-refractivity contribution < 1.29 is 26.4 Å². The zero-order chi connectivity index (χ0) is 24.4. The number of aromatic nitrogens is 4. The fraction of sp³-hybridized carbons (Fsp3) is 0.381. The summed E-state index contributed by atoms with van der Waals surface area (Å²) in [6.45, 7) is 3.64. The van der Waals surface area contributed by atoms with Crippen LogP contribution in [0.3, 0.4) is 0 Å². The maximum Gasteiger partial charge on any atom is 0.417 e. The van der Waals surface area contributed by atoms with Gasteiger partial charge in [0, 0.05) is 36.5 Å². The molecule has 8 nitrogen and oxygen atoms in total. The minimum absolute atomic E-state index is 0.140. The van der Waals surface area contributed by atoms with Gasteiger partial charge in [-0.2, -0.15) is 18.3 Å². The number of alkyl halides is 3. The third-order valence-electron chi connectivity index (χ3n) is 4.99. The van der Waals surface area contributed by atoms with E-state index in [4.69, 9.17) is 0 Å². The van der Waals surface area contributed by atoms with Gasteiger partial charge in [-0.1, -0.05) is 19.8 Å². The van der Waals surface area contributed by atoms with Crippen LogP contribution >= 0.6 is 0 Å². The van der Waals surface area contributed by atoms with Gasteiger partial charge in [0.25, 0.3) is 5.91 Å². The standard InChI is InChI=1S/C21H24F3N5O3S/c1-4-5-6-11-33(31,32)27-18(30)8-7-17-14(2)26-28(3)20(17)29-10-9-15-12-16(21(22,23)24)13-25-19(15)29/h7-10,12-13H,4-6,11H2,1-3H3,(H,27,30)/b8-7+. The third-order valence-corrected chi connectivity index (χ3v) is 6.33. The largest absolute Gasteiger partial charge is 0.417 e. The van der Waals surface area contributed by atoms with Gasteiger partial charge in [0.15, 0.2) is 0 Å². The van der Waals surface area contributed by atoms with Crippen LogP contribution in [0, 0.1) is 6.92 Å². The summed E-state index contributed by atoms with van der Waals surface area (Å²) < 4.78 is 68.1. The molecule has 3 heterocycles. The Kier molecular flexibility index (Phi) is 6.96. The lowest BCUT2D eigenvalue weighted by molar-refractivity contribution is -0.137. The van der Waals surface area contributed by atoms with Crippen molar-refractivity contribution in [2.75, 3.05) is 5.75 Å². The highest BCUT2D eigenvalue weighted by molar-refractivity contribution is 7.90. The highest BCUT2D eigenvalue weighted by atomic mass is 32.2. The Bertz CT molecular complexity index is 1310. The number of halogens is 3. The summed E-state index contributed by atoms with van der Waals surface area (Å²) in [6, 6.07) is 2.51. The van der Waals surface area contributed by atoms with Crippen LogP contribution in [0.2, 0.25) is 0 Å². The summed E-state index contributed by atoms with van der Waals surface area (Å²) in [5, 5.41) is 4.61. The van der Waals surface area contributed by atoms with Crippen LogP contribution in [0.15, 0.2) is 30.6 Å². The van der Waals surface area contributed by atoms with E-state index in [1.807, 2.05) is 11.6 Å². The first kappa shape index (κ1) is 24.5. The summed E-state index contributed by atoms with van der Waals surface area (Å²) in [7, 11) is -2.09. The van der Waals surface area contributed by atoms with E-state index in [2.05, 4.69) is 10.1 Å². The zero-order valence-corrected chi connectivity index (χ0v) is 19.2. The maximum atomic E-state index is 13.0. The topological polar surface area (TPSA) is 98.9 Å². The second kappa shape index (κ2) is 9.38. The number of aryl methyl sites for hydroxylation is 2. The second-order valence-corrected chi connectivity index (χ2v) is 9.43. The van der Waals surface area contributed by atoms with Crippen LogP contribution in [-0.2, 0) is 28.0 Å². The molecule has 3 rings (SSSR count). The van der Waals surface area contributed by atoms with E-state index in [0.717, 1.165) is 31.2 Å². The molecule has 0 bridgehead atoms. The van der Waals surface area contributed by atoms with Gasteiger partial charge in [-0.25, -0.2) is 18.1 Å². The summed E-state index contributed by atoms with van der Waals surface area (Å²) in [4.78, 5) is 16.2. The normalized spacial score (nSPS) is 12.7. The third kappa shape index (κ3) is 5.62.